The normalized spacial score (nSPS) is 22.9. The Morgan fingerprint density at radius 2 is 2.21 bits per heavy atom. The molecule has 0 aromatic rings. The lowest BCUT2D eigenvalue weighted by molar-refractivity contribution is 0.0721. The zero-order valence-electron chi connectivity index (χ0n) is 13.0. The van der Waals surface area contributed by atoms with Crippen LogP contribution in [0.2, 0.25) is 0 Å². The quantitative estimate of drug-likeness (QED) is 0.634. The molecule has 1 aliphatic heterocycles. The van der Waals surface area contributed by atoms with Crippen LogP contribution < -0.4 is 5.32 Å². The minimum atomic E-state index is -0.0940. The third kappa shape index (κ3) is 5.38. The molecule has 2 atom stereocenters. The van der Waals surface area contributed by atoms with Crippen molar-refractivity contribution in [3.8, 4) is 0 Å². The topological polar surface area (TPSA) is 44.7 Å². The maximum absolute atomic E-state index is 9.53. The van der Waals surface area contributed by atoms with E-state index in [-0.39, 0.29) is 12.1 Å². The van der Waals surface area contributed by atoms with Crippen molar-refractivity contribution in [1.29, 1.82) is 0 Å². The molecule has 0 saturated carbocycles. The second-order valence-electron chi connectivity index (χ2n) is 5.67. The van der Waals surface area contributed by atoms with Crippen molar-refractivity contribution >= 4 is 0 Å². The first-order valence-corrected chi connectivity index (χ1v) is 7.83. The molecule has 114 valence electrons. The van der Waals surface area contributed by atoms with E-state index in [2.05, 4.69) is 24.1 Å². The first-order chi connectivity index (χ1) is 9.19. The average Bonchev–Trinajstić information content (AvgIpc) is 2.96. The summed E-state index contributed by atoms with van der Waals surface area (Å²) in [7, 11) is 1.95. The summed E-state index contributed by atoms with van der Waals surface area (Å²) in [6.45, 7) is 8.75. The summed E-state index contributed by atoms with van der Waals surface area (Å²) < 4.78 is 5.70. The van der Waals surface area contributed by atoms with E-state index in [9.17, 15) is 5.11 Å². The molecule has 4 nitrogen and oxygen atoms in total. The lowest BCUT2D eigenvalue weighted by Gasteiger charge is -2.32. The van der Waals surface area contributed by atoms with Crippen LogP contribution >= 0.6 is 0 Å². The van der Waals surface area contributed by atoms with Gasteiger partial charge in [-0.25, -0.2) is 0 Å². The van der Waals surface area contributed by atoms with Crippen molar-refractivity contribution in [3.05, 3.63) is 0 Å². The molecule has 0 bridgehead atoms. The molecule has 0 aromatic carbocycles. The third-order valence-corrected chi connectivity index (χ3v) is 4.57. The van der Waals surface area contributed by atoms with Gasteiger partial charge in [-0.2, -0.15) is 0 Å². The van der Waals surface area contributed by atoms with Crippen LogP contribution in [-0.2, 0) is 4.74 Å². The lowest BCUT2D eigenvalue weighted by Crippen LogP contribution is -2.46. The fourth-order valence-electron chi connectivity index (χ4n) is 2.84. The van der Waals surface area contributed by atoms with Crippen molar-refractivity contribution in [3.63, 3.8) is 0 Å². The monoisotopic (exact) mass is 272 g/mol. The number of aliphatic hydroxyl groups is 1. The number of nitrogens with one attached hydrogen (secondary N) is 1. The number of nitrogens with zero attached hydrogens (tertiary/aromatic N) is 1. The van der Waals surface area contributed by atoms with E-state index in [4.69, 9.17) is 4.74 Å². The lowest BCUT2D eigenvalue weighted by atomic mass is 9.91. The predicted octanol–water partition coefficient (Wildman–Crippen LogP) is 1.63. The molecule has 1 fully saturated rings. The molecule has 0 amide bonds. The fourth-order valence-corrected chi connectivity index (χ4v) is 2.84. The zero-order chi connectivity index (χ0) is 14.1. The highest BCUT2D eigenvalue weighted by Crippen LogP contribution is 2.18. The van der Waals surface area contributed by atoms with Crippen molar-refractivity contribution in [2.24, 2.45) is 0 Å². The number of ether oxygens (including phenoxy) is 1. The van der Waals surface area contributed by atoms with Crippen molar-refractivity contribution in [2.45, 2.75) is 57.6 Å². The minimum Gasteiger partial charge on any atom is -0.394 e. The number of hydrogen-bond acceptors (Lipinski definition) is 4. The van der Waals surface area contributed by atoms with E-state index in [1.165, 1.54) is 12.8 Å². The van der Waals surface area contributed by atoms with Gasteiger partial charge in [0.1, 0.15) is 0 Å². The van der Waals surface area contributed by atoms with E-state index in [1.807, 2.05) is 7.05 Å². The summed E-state index contributed by atoms with van der Waals surface area (Å²) >= 11 is 0. The largest absolute Gasteiger partial charge is 0.394 e. The second kappa shape index (κ2) is 8.90. The van der Waals surface area contributed by atoms with E-state index in [0.29, 0.717) is 6.10 Å². The van der Waals surface area contributed by atoms with Gasteiger partial charge >= 0.3 is 0 Å². The summed E-state index contributed by atoms with van der Waals surface area (Å²) in [4.78, 5) is 2.48. The summed E-state index contributed by atoms with van der Waals surface area (Å²) in [6, 6.07) is 0. The second-order valence-corrected chi connectivity index (χ2v) is 5.67. The standard InChI is InChI=1S/C15H32N2O2/c1-4-15(13-18,16-3)9-7-10-17(5-2)12-14-8-6-11-19-14/h14,16,18H,4-13H2,1-3H3. The Balaban J connectivity index is 2.28. The van der Waals surface area contributed by atoms with E-state index in [0.717, 1.165) is 45.5 Å². The van der Waals surface area contributed by atoms with Crippen LogP contribution in [0.3, 0.4) is 0 Å². The Bertz CT molecular complexity index is 218. The van der Waals surface area contributed by atoms with Gasteiger partial charge in [0.2, 0.25) is 0 Å². The van der Waals surface area contributed by atoms with Crippen LogP contribution in [0.15, 0.2) is 0 Å². The number of rotatable bonds is 10. The summed E-state index contributed by atoms with van der Waals surface area (Å²) in [5.41, 5.74) is -0.0940. The molecule has 0 aliphatic carbocycles. The summed E-state index contributed by atoms with van der Waals surface area (Å²) in [5, 5.41) is 12.8. The molecule has 0 aromatic heterocycles. The van der Waals surface area contributed by atoms with Crippen LogP contribution in [0.5, 0.6) is 0 Å². The van der Waals surface area contributed by atoms with Crippen molar-refractivity contribution in [2.75, 3.05) is 39.9 Å². The van der Waals surface area contributed by atoms with Crippen LogP contribution in [-0.4, -0.2) is 61.5 Å². The Morgan fingerprint density at radius 3 is 2.68 bits per heavy atom. The smallest absolute Gasteiger partial charge is 0.0702 e. The molecule has 0 spiro atoms. The SMILES string of the molecule is CCN(CCCC(CC)(CO)NC)CC1CCCO1. The molecule has 0 radical (unpaired) electrons. The van der Waals surface area contributed by atoms with Crippen molar-refractivity contribution < 1.29 is 9.84 Å². The van der Waals surface area contributed by atoms with Gasteiger partial charge in [-0.1, -0.05) is 13.8 Å². The van der Waals surface area contributed by atoms with E-state index >= 15 is 0 Å². The maximum atomic E-state index is 9.53. The number of aliphatic hydroxyl groups excluding tert-OH is 1. The Labute approximate surface area is 118 Å². The van der Waals surface area contributed by atoms with Crippen LogP contribution in [0.1, 0.15) is 46.0 Å². The molecule has 1 heterocycles. The first-order valence-electron chi connectivity index (χ1n) is 7.83. The van der Waals surface area contributed by atoms with Crippen LogP contribution in [0, 0.1) is 0 Å². The van der Waals surface area contributed by atoms with Gasteiger partial charge in [-0.15, -0.1) is 0 Å². The predicted molar refractivity (Wildman–Crippen MR) is 79.5 cm³/mol. The maximum Gasteiger partial charge on any atom is 0.0702 e. The Morgan fingerprint density at radius 1 is 1.42 bits per heavy atom. The third-order valence-electron chi connectivity index (χ3n) is 4.57. The van der Waals surface area contributed by atoms with Crippen LogP contribution in [0.25, 0.3) is 0 Å². The van der Waals surface area contributed by atoms with Gasteiger partial charge in [0.05, 0.1) is 12.7 Å². The van der Waals surface area contributed by atoms with Gasteiger partial charge < -0.3 is 20.1 Å². The van der Waals surface area contributed by atoms with Gasteiger partial charge in [0.25, 0.3) is 0 Å². The molecule has 2 unspecified atom stereocenters. The highest BCUT2D eigenvalue weighted by Gasteiger charge is 2.25. The van der Waals surface area contributed by atoms with E-state index in [1.54, 1.807) is 0 Å². The molecule has 19 heavy (non-hydrogen) atoms. The molecule has 1 saturated heterocycles. The first kappa shape index (κ1) is 16.9. The number of likely N-dealkylation sites (N-methyl/N-ethyl adjacent to an activating group) is 2. The molecular formula is C15H32N2O2. The fraction of sp³-hybridized carbons (Fsp3) is 1.00. The van der Waals surface area contributed by atoms with Gasteiger partial charge in [0, 0.05) is 18.7 Å². The molecular weight excluding hydrogens is 240 g/mol. The van der Waals surface area contributed by atoms with Gasteiger partial charge in [0.15, 0.2) is 0 Å². The highest BCUT2D eigenvalue weighted by atomic mass is 16.5. The van der Waals surface area contributed by atoms with Crippen LogP contribution in [0.4, 0.5) is 0 Å². The number of hydrogen-bond donors (Lipinski definition) is 2. The molecule has 2 N–H and O–H groups in total. The van der Waals surface area contributed by atoms with Gasteiger partial charge in [-0.05, 0) is 52.2 Å². The van der Waals surface area contributed by atoms with E-state index < -0.39 is 0 Å². The summed E-state index contributed by atoms with van der Waals surface area (Å²) in [5.74, 6) is 0. The minimum absolute atomic E-state index is 0.0940. The van der Waals surface area contributed by atoms with Crippen molar-refractivity contribution in [1.82, 2.24) is 10.2 Å². The zero-order valence-corrected chi connectivity index (χ0v) is 13.0. The summed E-state index contributed by atoms with van der Waals surface area (Å²) in [6.07, 6.45) is 5.98. The highest BCUT2D eigenvalue weighted by molar-refractivity contribution is 4.84. The Hall–Kier alpha value is -0.160. The Kier molecular flexibility index (Phi) is 7.91. The molecule has 4 heteroatoms. The van der Waals surface area contributed by atoms with Gasteiger partial charge in [-0.3, -0.25) is 0 Å². The average molecular weight is 272 g/mol. The molecule has 1 rings (SSSR count). The molecule has 1 aliphatic rings.